The molecule has 1 aliphatic carbocycles. The number of nitrogens with zero attached hydrogens (tertiary/aromatic N) is 2. The lowest BCUT2D eigenvalue weighted by molar-refractivity contribution is -0.136. The molecular weight excluding hydrogens is 516 g/mol. The lowest BCUT2D eigenvalue weighted by Crippen LogP contribution is -2.32. The van der Waals surface area contributed by atoms with Crippen molar-refractivity contribution in [2.24, 2.45) is 10.9 Å². The number of hydrogen-bond donors (Lipinski definition) is 0. The monoisotopic (exact) mass is 546 g/mol. The van der Waals surface area contributed by atoms with Crippen LogP contribution in [0.5, 0.6) is 11.5 Å². The molecule has 0 radical (unpaired) electrons. The summed E-state index contributed by atoms with van der Waals surface area (Å²) in [6, 6.07) is 20.6. The maximum absolute atomic E-state index is 13.8. The molecule has 1 heterocycles. The Morgan fingerprint density at radius 3 is 2.49 bits per heavy atom. The molecule has 0 saturated carbocycles. The van der Waals surface area contributed by atoms with Crippen LogP contribution in [-0.2, 0) is 22.6 Å². The molecule has 0 bridgehead atoms. The average molecular weight is 547 g/mol. The lowest BCUT2D eigenvalue weighted by atomic mass is 9.74. The molecule has 0 amide bonds. The van der Waals surface area contributed by atoms with Gasteiger partial charge in [0.2, 0.25) is 0 Å². The Bertz CT molecular complexity index is 1660. The van der Waals surface area contributed by atoms with Crippen molar-refractivity contribution >= 4 is 17.5 Å². The van der Waals surface area contributed by atoms with E-state index in [4.69, 9.17) is 19.2 Å². The van der Waals surface area contributed by atoms with E-state index in [1.54, 1.807) is 25.1 Å². The number of aliphatic imine (C=N–C) groups is 1. The third-order valence-electron chi connectivity index (χ3n) is 7.46. The van der Waals surface area contributed by atoms with Crippen molar-refractivity contribution in [3.8, 4) is 17.6 Å². The van der Waals surface area contributed by atoms with E-state index in [9.17, 15) is 14.9 Å². The number of carbonyl (C=O) groups is 2. The number of ketones is 1. The maximum Gasteiger partial charge on any atom is 0.336 e. The molecule has 5 rings (SSSR count). The van der Waals surface area contributed by atoms with Gasteiger partial charge in [0.15, 0.2) is 17.3 Å². The minimum atomic E-state index is -0.689. The van der Waals surface area contributed by atoms with Crippen molar-refractivity contribution in [2.45, 2.75) is 32.8 Å². The van der Waals surface area contributed by atoms with Crippen LogP contribution in [0, 0.1) is 17.2 Å². The van der Waals surface area contributed by atoms with Crippen molar-refractivity contribution < 1.29 is 23.8 Å². The minimum Gasteiger partial charge on any atom is -0.490 e. The zero-order valence-electron chi connectivity index (χ0n) is 23.3. The maximum atomic E-state index is 13.8. The van der Waals surface area contributed by atoms with E-state index in [0.717, 1.165) is 16.7 Å². The first-order valence-corrected chi connectivity index (χ1v) is 13.5. The third-order valence-corrected chi connectivity index (χ3v) is 7.46. The summed E-state index contributed by atoms with van der Waals surface area (Å²) in [6.45, 7) is 8.10. The van der Waals surface area contributed by atoms with Gasteiger partial charge >= 0.3 is 5.97 Å². The zero-order valence-corrected chi connectivity index (χ0v) is 23.3. The molecule has 206 valence electrons. The number of rotatable bonds is 9. The number of allylic oxidation sites excluding steroid dienone is 2. The molecule has 0 unspecified atom stereocenters. The minimum absolute atomic E-state index is 0.0880. The Labute approximate surface area is 239 Å². The van der Waals surface area contributed by atoms with Crippen LogP contribution in [-0.4, -0.2) is 31.2 Å². The van der Waals surface area contributed by atoms with Gasteiger partial charge in [0.1, 0.15) is 6.61 Å². The van der Waals surface area contributed by atoms with E-state index >= 15 is 0 Å². The summed E-state index contributed by atoms with van der Waals surface area (Å²) in [5.41, 5.74) is 5.65. The van der Waals surface area contributed by atoms with Crippen LogP contribution in [0.2, 0.25) is 0 Å². The summed E-state index contributed by atoms with van der Waals surface area (Å²) in [5, 5.41) is 9.52. The number of methoxy groups -OCH3 is 1. The van der Waals surface area contributed by atoms with Crippen LogP contribution in [0.4, 0.5) is 0 Å². The summed E-state index contributed by atoms with van der Waals surface area (Å²) >= 11 is 0. The molecule has 0 aromatic heterocycles. The number of ether oxygens (including phenoxy) is 3. The SMILES string of the molecule is C=CCc1cc([C@@H]2C(C(=O)OC)=C(C)N=C3c4ccccc4C(=O)[C@@H]32)cc(OCC)c1OCc1ccccc1C#N. The Kier molecular flexibility index (Phi) is 7.84. The van der Waals surface area contributed by atoms with Gasteiger partial charge in [-0.2, -0.15) is 5.26 Å². The second-order valence-electron chi connectivity index (χ2n) is 9.84. The summed E-state index contributed by atoms with van der Waals surface area (Å²) in [7, 11) is 1.33. The number of benzene rings is 3. The second kappa shape index (κ2) is 11.6. The van der Waals surface area contributed by atoms with Crippen molar-refractivity contribution in [1.82, 2.24) is 0 Å². The fourth-order valence-corrected chi connectivity index (χ4v) is 5.70. The highest BCUT2D eigenvalue weighted by atomic mass is 16.5. The van der Waals surface area contributed by atoms with E-state index < -0.39 is 17.8 Å². The molecule has 0 N–H and O–H groups in total. The van der Waals surface area contributed by atoms with Crippen molar-refractivity contribution in [3.63, 3.8) is 0 Å². The number of carbonyl (C=O) groups excluding carboxylic acids is 2. The van der Waals surface area contributed by atoms with E-state index in [1.165, 1.54) is 7.11 Å². The predicted octanol–water partition coefficient (Wildman–Crippen LogP) is 6.11. The molecule has 0 fully saturated rings. The topological polar surface area (TPSA) is 98.0 Å². The average Bonchev–Trinajstić information content (AvgIpc) is 3.27. The first-order valence-electron chi connectivity index (χ1n) is 13.5. The normalized spacial score (nSPS) is 17.2. The fraction of sp³-hybridized carbons (Fsp3) is 0.235. The fourth-order valence-electron chi connectivity index (χ4n) is 5.70. The van der Waals surface area contributed by atoms with Gasteiger partial charge < -0.3 is 14.2 Å². The van der Waals surface area contributed by atoms with E-state index in [-0.39, 0.29) is 12.4 Å². The molecule has 0 saturated heterocycles. The van der Waals surface area contributed by atoms with Crippen LogP contribution in [0.1, 0.15) is 57.9 Å². The highest BCUT2D eigenvalue weighted by Gasteiger charge is 2.48. The van der Waals surface area contributed by atoms with Gasteiger partial charge in [0, 0.05) is 33.9 Å². The van der Waals surface area contributed by atoms with E-state index in [2.05, 4.69) is 12.6 Å². The van der Waals surface area contributed by atoms with Crippen LogP contribution >= 0.6 is 0 Å². The molecule has 7 heteroatoms. The second-order valence-corrected chi connectivity index (χ2v) is 9.84. The number of nitriles is 1. The molecule has 0 spiro atoms. The summed E-state index contributed by atoms with van der Waals surface area (Å²) in [6.07, 6.45) is 2.21. The number of Topliss-reactive ketones (excluding diaryl/α,β-unsaturated/α-hetero) is 1. The largest absolute Gasteiger partial charge is 0.490 e. The Morgan fingerprint density at radius 1 is 1.05 bits per heavy atom. The van der Waals surface area contributed by atoms with Crippen LogP contribution in [0.25, 0.3) is 0 Å². The Balaban J connectivity index is 1.66. The van der Waals surface area contributed by atoms with Gasteiger partial charge in [-0.05, 0) is 38.0 Å². The summed E-state index contributed by atoms with van der Waals surface area (Å²) < 4.78 is 17.6. The van der Waals surface area contributed by atoms with Crippen LogP contribution in [0.15, 0.2) is 89.6 Å². The van der Waals surface area contributed by atoms with Gasteiger partial charge in [-0.3, -0.25) is 9.79 Å². The predicted molar refractivity (Wildman–Crippen MR) is 155 cm³/mol. The van der Waals surface area contributed by atoms with Crippen LogP contribution in [0.3, 0.4) is 0 Å². The van der Waals surface area contributed by atoms with Gasteiger partial charge in [-0.25, -0.2) is 4.79 Å². The number of hydrogen-bond acceptors (Lipinski definition) is 7. The molecule has 2 atom stereocenters. The molecular formula is C34H30N2O5. The quantitative estimate of drug-likeness (QED) is 0.237. The summed E-state index contributed by atoms with van der Waals surface area (Å²) in [5.74, 6) is -0.957. The molecule has 2 aliphatic rings. The smallest absolute Gasteiger partial charge is 0.336 e. The summed E-state index contributed by atoms with van der Waals surface area (Å²) in [4.78, 5) is 31.8. The Hall–Kier alpha value is -4.96. The van der Waals surface area contributed by atoms with Gasteiger partial charge in [-0.15, -0.1) is 6.58 Å². The molecule has 3 aromatic rings. The van der Waals surface area contributed by atoms with Gasteiger partial charge in [0.05, 0.1) is 42.6 Å². The van der Waals surface area contributed by atoms with Crippen LogP contribution < -0.4 is 9.47 Å². The number of esters is 1. The molecule has 7 nitrogen and oxygen atoms in total. The van der Waals surface area contributed by atoms with Crippen molar-refractivity contribution in [1.29, 1.82) is 5.26 Å². The third kappa shape index (κ3) is 4.93. The first-order chi connectivity index (χ1) is 19.9. The molecule has 3 aromatic carbocycles. The van der Waals surface area contributed by atoms with Crippen molar-refractivity contribution in [3.05, 3.63) is 118 Å². The molecule has 1 aliphatic heterocycles. The Morgan fingerprint density at radius 2 is 1.78 bits per heavy atom. The standard InChI is InChI=1S/C34H30N2O5/c1-5-11-21-16-24(17-27(40-6-2)33(21)41-19-23-13-8-7-12-22(23)18-35)29-28(34(38)39-4)20(3)36-31-25-14-9-10-15-26(25)32(37)30(29)31/h5,7-10,12-17,29-30H,1,6,11,19H2,2-4H3/t29-,30-/m1/s1. The highest BCUT2D eigenvalue weighted by molar-refractivity contribution is 6.30. The van der Waals surface area contributed by atoms with E-state index in [1.807, 2.05) is 55.5 Å². The van der Waals surface area contributed by atoms with Gasteiger partial charge in [0.25, 0.3) is 0 Å². The van der Waals surface area contributed by atoms with Crippen molar-refractivity contribution in [2.75, 3.05) is 13.7 Å². The molecule has 41 heavy (non-hydrogen) atoms. The number of fused-ring (bicyclic) bond motifs is 3. The van der Waals surface area contributed by atoms with E-state index in [0.29, 0.717) is 58.2 Å². The highest BCUT2D eigenvalue weighted by Crippen LogP contribution is 2.48. The first kappa shape index (κ1) is 27.6. The lowest BCUT2D eigenvalue weighted by Gasteiger charge is -2.30. The zero-order chi connectivity index (χ0) is 29.1. The van der Waals surface area contributed by atoms with Gasteiger partial charge in [-0.1, -0.05) is 54.6 Å².